The fourth-order valence-corrected chi connectivity index (χ4v) is 6.88. The summed E-state index contributed by atoms with van der Waals surface area (Å²) in [6.45, 7) is -0.422. The van der Waals surface area contributed by atoms with E-state index < -0.39 is 148 Å². The van der Waals surface area contributed by atoms with E-state index in [1.165, 1.54) is 6.92 Å². The summed E-state index contributed by atoms with van der Waals surface area (Å²) < 4.78 is 43.3. The molecule has 0 aliphatic carbocycles. The van der Waals surface area contributed by atoms with Gasteiger partial charge in [-0.1, -0.05) is 0 Å². The fourth-order valence-electron chi connectivity index (χ4n) is 6.88. The first kappa shape index (κ1) is 50.0. The number of Topliss-reactive ketones (excluding diaryl/α,β-unsaturated/α-hetero) is 1. The number of ketones is 1. The molecule has 4 fully saturated rings. The number of aliphatic carboxylic acids is 2. The smallest absolute Gasteiger partial charge is 0.335 e. The lowest BCUT2D eigenvalue weighted by atomic mass is 9.95. The Hall–Kier alpha value is -2.68. The van der Waals surface area contributed by atoms with Crippen molar-refractivity contribution in [2.75, 3.05) is 26.4 Å². The molecule has 4 heterocycles. The largest absolute Gasteiger partial charge is 0.479 e. The van der Waals surface area contributed by atoms with Crippen molar-refractivity contribution in [3.63, 3.8) is 0 Å². The Balaban J connectivity index is 1.38. The number of aliphatic hydroxyl groups is 11. The highest BCUT2D eigenvalue weighted by molar-refractivity contribution is 5.77. The van der Waals surface area contributed by atoms with Crippen molar-refractivity contribution >= 4 is 23.6 Å². The molecule has 60 heavy (non-hydrogen) atoms. The predicted octanol–water partition coefficient (Wildman–Crippen LogP) is -7.88. The van der Waals surface area contributed by atoms with Crippen LogP contribution in [0.3, 0.4) is 0 Å². The Labute approximate surface area is 340 Å². The molecule has 26 heteroatoms. The van der Waals surface area contributed by atoms with Gasteiger partial charge in [0.25, 0.3) is 0 Å². The van der Waals surface area contributed by atoms with Crippen molar-refractivity contribution < 1.29 is 123 Å². The van der Waals surface area contributed by atoms with Gasteiger partial charge in [-0.15, -0.1) is 0 Å². The average Bonchev–Trinajstić information content (AvgIpc) is 3.20. The number of aliphatic hydroxyl groups excluding tert-OH is 11. The molecule has 0 radical (unpaired) electrons. The minimum absolute atomic E-state index is 0.0247. The lowest BCUT2D eigenvalue weighted by Crippen LogP contribution is -2.68. The Kier molecular flexibility index (Phi) is 18.8. The van der Waals surface area contributed by atoms with Crippen LogP contribution in [-0.4, -0.2) is 239 Å². The first-order valence-corrected chi connectivity index (χ1v) is 19.1. The van der Waals surface area contributed by atoms with Gasteiger partial charge >= 0.3 is 11.9 Å². The number of ether oxygens (including phenoxy) is 8. The third kappa shape index (κ3) is 12.1. The normalized spacial score (nSPS) is 42.3. The number of hydrogen-bond donors (Lipinski definition) is 14. The highest BCUT2D eigenvalue weighted by Crippen LogP contribution is 2.34. The maximum atomic E-state index is 12.1. The monoisotopic (exact) mass is 877 g/mol. The summed E-state index contributed by atoms with van der Waals surface area (Å²) in [5.41, 5.74) is 0. The highest BCUT2D eigenvalue weighted by Gasteiger charge is 2.57. The van der Waals surface area contributed by atoms with E-state index in [0.717, 1.165) is 0 Å². The molecule has 4 rings (SSSR count). The summed E-state index contributed by atoms with van der Waals surface area (Å²) in [5, 5.41) is 138. The van der Waals surface area contributed by atoms with Gasteiger partial charge in [0.05, 0.1) is 19.8 Å². The van der Waals surface area contributed by atoms with Gasteiger partial charge in [0.2, 0.25) is 5.91 Å². The van der Waals surface area contributed by atoms with Crippen LogP contribution in [0.1, 0.15) is 39.0 Å². The van der Waals surface area contributed by atoms with Crippen LogP contribution in [0.5, 0.6) is 0 Å². The van der Waals surface area contributed by atoms with Gasteiger partial charge in [-0.3, -0.25) is 4.79 Å². The van der Waals surface area contributed by atoms with E-state index in [0.29, 0.717) is 19.3 Å². The number of carboxylic acid groups (broad SMARTS) is 2. The molecule has 4 aliphatic rings. The maximum Gasteiger partial charge on any atom is 0.335 e. The number of rotatable bonds is 20. The van der Waals surface area contributed by atoms with Gasteiger partial charge in [0, 0.05) is 19.4 Å². The van der Waals surface area contributed by atoms with Gasteiger partial charge < -0.3 is 114 Å². The second-order valence-electron chi connectivity index (χ2n) is 14.7. The van der Waals surface area contributed by atoms with E-state index in [4.69, 9.17) is 37.9 Å². The Morgan fingerprint density at radius 1 is 0.517 bits per heavy atom. The summed E-state index contributed by atoms with van der Waals surface area (Å²) in [6, 6.07) is 0. The molecule has 4 saturated heterocycles. The zero-order chi connectivity index (χ0) is 44.6. The molecule has 0 saturated carbocycles. The molecular weight excluding hydrogens is 822 g/mol. The molecule has 0 spiro atoms. The maximum absolute atomic E-state index is 12.1. The van der Waals surface area contributed by atoms with Crippen LogP contribution in [0.4, 0.5) is 0 Å². The molecule has 0 bridgehead atoms. The van der Waals surface area contributed by atoms with E-state index in [1.54, 1.807) is 0 Å². The first-order chi connectivity index (χ1) is 28.3. The summed E-state index contributed by atoms with van der Waals surface area (Å²) >= 11 is 0. The van der Waals surface area contributed by atoms with E-state index in [-0.39, 0.29) is 37.7 Å². The number of unbranched alkanes of at least 4 members (excludes halogenated alkanes) is 1. The highest BCUT2D eigenvalue weighted by atomic mass is 16.8. The number of nitrogens with one attached hydrogen (secondary N) is 1. The predicted molar refractivity (Wildman–Crippen MR) is 185 cm³/mol. The zero-order valence-corrected chi connectivity index (χ0v) is 32.1. The molecule has 20 unspecified atom stereocenters. The van der Waals surface area contributed by atoms with Gasteiger partial charge in [0.15, 0.2) is 37.4 Å². The number of amides is 1. The van der Waals surface area contributed by atoms with Crippen LogP contribution in [0.2, 0.25) is 0 Å². The SMILES string of the molecule is CC(=O)CCCCC(=O)NCCCOC1OC(CO)C(OC2OC(C(=O)O)C(O)C(OC3OC(CO)C(OC4OC(C(=O)O)C(O)C(O)C4O)C(O)C3O)C2O)C(O)C1O. The van der Waals surface area contributed by atoms with Crippen LogP contribution in [0.25, 0.3) is 0 Å². The van der Waals surface area contributed by atoms with Crippen molar-refractivity contribution in [3.05, 3.63) is 0 Å². The molecule has 20 atom stereocenters. The summed E-state index contributed by atoms with van der Waals surface area (Å²) in [7, 11) is 0. The standard InChI is InChI=1S/C34H55NO25/c1-11(38)5-2-3-6-14(39)35-7-4-8-53-31-20(45)17(42)24(12(9-36)54-31)57-34-23(48)26(22(47)28(60-34)30(51)52)58-32-21(46)18(43)25(13(10-37)55-32)56-33-19(44)15(40)16(41)27(59-33)29(49)50/h12-13,15-28,31-34,36-37,40-48H,2-10H2,1H3,(H,35,39)(H,49,50)(H,51,52). The fraction of sp³-hybridized carbons (Fsp3) is 0.882. The van der Waals surface area contributed by atoms with E-state index in [1.807, 2.05) is 0 Å². The number of carboxylic acids is 2. The third-order valence-electron chi connectivity index (χ3n) is 10.2. The van der Waals surface area contributed by atoms with Crippen molar-refractivity contribution in [2.24, 2.45) is 0 Å². The molecule has 14 N–H and O–H groups in total. The van der Waals surface area contributed by atoms with Crippen molar-refractivity contribution in [3.8, 4) is 0 Å². The summed E-state index contributed by atoms with van der Waals surface area (Å²) in [5.74, 6) is -3.82. The second-order valence-corrected chi connectivity index (χ2v) is 14.7. The minimum atomic E-state index is -2.28. The van der Waals surface area contributed by atoms with Gasteiger partial charge in [0.1, 0.15) is 91.2 Å². The molecule has 4 aliphatic heterocycles. The van der Waals surface area contributed by atoms with E-state index >= 15 is 0 Å². The third-order valence-corrected chi connectivity index (χ3v) is 10.2. The molecular formula is C34H55NO25. The van der Waals surface area contributed by atoms with Crippen LogP contribution < -0.4 is 5.32 Å². The summed E-state index contributed by atoms with van der Waals surface area (Å²) in [6.07, 6.45) is -38.5. The lowest BCUT2D eigenvalue weighted by molar-refractivity contribution is -0.385. The Morgan fingerprint density at radius 3 is 1.50 bits per heavy atom. The zero-order valence-electron chi connectivity index (χ0n) is 32.1. The van der Waals surface area contributed by atoms with Gasteiger partial charge in [-0.25, -0.2) is 9.59 Å². The van der Waals surface area contributed by atoms with Crippen LogP contribution >= 0.6 is 0 Å². The van der Waals surface area contributed by atoms with Crippen molar-refractivity contribution in [1.29, 1.82) is 0 Å². The molecule has 0 aromatic carbocycles. The number of hydrogen-bond acceptors (Lipinski definition) is 23. The van der Waals surface area contributed by atoms with Crippen molar-refractivity contribution in [2.45, 2.75) is 162 Å². The number of carbonyl (C=O) groups is 4. The molecule has 1 amide bonds. The Morgan fingerprint density at radius 2 is 0.967 bits per heavy atom. The van der Waals surface area contributed by atoms with E-state index in [2.05, 4.69) is 5.32 Å². The van der Waals surface area contributed by atoms with Gasteiger partial charge in [-0.2, -0.15) is 0 Å². The lowest BCUT2D eigenvalue weighted by Gasteiger charge is -2.48. The Bertz CT molecular complexity index is 1410. The van der Waals surface area contributed by atoms with Crippen LogP contribution in [0, 0.1) is 0 Å². The quantitative estimate of drug-likeness (QED) is 0.0505. The van der Waals surface area contributed by atoms with Gasteiger partial charge in [-0.05, 0) is 26.2 Å². The molecule has 0 aromatic heterocycles. The number of carbonyl (C=O) groups excluding carboxylic acids is 2. The average molecular weight is 878 g/mol. The first-order valence-electron chi connectivity index (χ1n) is 19.1. The topological polar surface area (TPSA) is 417 Å². The molecule has 26 nitrogen and oxygen atoms in total. The van der Waals surface area contributed by atoms with Crippen molar-refractivity contribution in [1.82, 2.24) is 5.32 Å². The molecule has 0 aromatic rings. The van der Waals surface area contributed by atoms with Crippen LogP contribution in [-0.2, 0) is 57.1 Å². The molecule has 346 valence electrons. The summed E-state index contributed by atoms with van der Waals surface area (Å²) in [4.78, 5) is 46.6. The van der Waals surface area contributed by atoms with E-state index in [9.17, 15) is 85.6 Å². The minimum Gasteiger partial charge on any atom is -0.479 e. The van der Waals surface area contributed by atoms with Crippen LogP contribution in [0.15, 0.2) is 0 Å². The second kappa shape index (κ2) is 22.6.